The van der Waals surface area contributed by atoms with Crippen LogP contribution in [-0.4, -0.2) is 25.7 Å². The number of nitrogens with one attached hydrogen (secondary N) is 1. The van der Waals surface area contributed by atoms with Crippen molar-refractivity contribution in [2.45, 2.75) is 25.0 Å². The van der Waals surface area contributed by atoms with Crippen LogP contribution in [0.15, 0.2) is 76.5 Å². The number of carbonyl (C=O) groups is 1. The number of rotatable bonds is 4. The van der Waals surface area contributed by atoms with Crippen LogP contribution in [0.4, 0.5) is 5.69 Å². The summed E-state index contributed by atoms with van der Waals surface area (Å²) in [4.78, 5) is 12.4. The van der Waals surface area contributed by atoms with E-state index in [0.717, 1.165) is 11.1 Å². The summed E-state index contributed by atoms with van der Waals surface area (Å²) in [5, 5.41) is 13.1. The summed E-state index contributed by atoms with van der Waals surface area (Å²) in [6, 6.07) is 18.4. The van der Waals surface area contributed by atoms with Gasteiger partial charge < -0.3 is 15.2 Å². The van der Waals surface area contributed by atoms with Crippen molar-refractivity contribution in [2.24, 2.45) is 0 Å². The summed E-state index contributed by atoms with van der Waals surface area (Å²) in [6.07, 6.45) is -0.284. The molecule has 1 atom stereocenters. The number of aryl methyl sites for hydroxylation is 2. The van der Waals surface area contributed by atoms with Crippen molar-refractivity contribution < 1.29 is 23.1 Å². The van der Waals surface area contributed by atoms with Crippen LogP contribution in [0.25, 0.3) is 6.08 Å². The van der Waals surface area contributed by atoms with Crippen LogP contribution in [0, 0.1) is 13.8 Å². The summed E-state index contributed by atoms with van der Waals surface area (Å²) in [5.41, 5.74) is 3.33. The Morgan fingerprint density at radius 3 is 2.42 bits per heavy atom. The number of aliphatic hydroxyl groups excluding tert-OH is 1. The number of carbonyl (C=O) groups excluding carboxylic acids is 1. The van der Waals surface area contributed by atoms with E-state index in [9.17, 15) is 18.3 Å². The fourth-order valence-corrected chi connectivity index (χ4v) is 4.66. The van der Waals surface area contributed by atoms with Crippen LogP contribution in [0.5, 0.6) is 5.75 Å². The van der Waals surface area contributed by atoms with E-state index < -0.39 is 16.1 Å². The van der Waals surface area contributed by atoms with Gasteiger partial charge in [0.05, 0.1) is 4.90 Å². The number of hydrogen-bond donors (Lipinski definition) is 2. The topological polar surface area (TPSA) is 92.7 Å². The first-order valence-electron chi connectivity index (χ1n) is 9.64. The first-order valence-corrected chi connectivity index (χ1v) is 11.1. The second-order valence-corrected chi connectivity index (χ2v) is 9.36. The highest BCUT2D eigenvalue weighted by atomic mass is 32.2. The van der Waals surface area contributed by atoms with E-state index in [1.165, 1.54) is 30.3 Å². The molecule has 0 spiro atoms. The molecule has 0 aliphatic carbocycles. The third-order valence-corrected chi connectivity index (χ3v) is 6.80. The Labute approximate surface area is 180 Å². The summed E-state index contributed by atoms with van der Waals surface area (Å²) in [7, 11) is -3.97. The largest absolute Gasteiger partial charge is 0.459 e. The molecular weight excluding hydrogens is 414 g/mol. The normalized spacial score (nSPS) is 15.5. The van der Waals surface area contributed by atoms with Gasteiger partial charge in [-0.3, -0.25) is 4.79 Å². The van der Waals surface area contributed by atoms with Crippen LogP contribution >= 0.6 is 0 Å². The lowest BCUT2D eigenvalue weighted by atomic mass is 10.1. The zero-order valence-corrected chi connectivity index (χ0v) is 17.8. The summed E-state index contributed by atoms with van der Waals surface area (Å²) in [6.45, 7) is 3.78. The minimum atomic E-state index is -3.97. The molecule has 6 nitrogen and oxygen atoms in total. The van der Waals surface area contributed by atoms with Gasteiger partial charge in [-0.25, -0.2) is 8.42 Å². The minimum absolute atomic E-state index is 0.0591. The lowest BCUT2D eigenvalue weighted by molar-refractivity contribution is 0.0190. The lowest BCUT2D eigenvalue weighted by Crippen LogP contribution is -2.27. The third-order valence-electron chi connectivity index (χ3n) is 4.97. The molecule has 1 aliphatic heterocycles. The van der Waals surface area contributed by atoms with Crippen LogP contribution in [0.2, 0.25) is 0 Å². The van der Waals surface area contributed by atoms with Gasteiger partial charge in [-0.15, -0.1) is 0 Å². The van der Waals surface area contributed by atoms with E-state index in [1.54, 1.807) is 24.3 Å². The summed E-state index contributed by atoms with van der Waals surface area (Å²) in [5.74, 6) is -0.0432. The maximum absolute atomic E-state index is 13.0. The Hall–Kier alpha value is -3.42. The van der Waals surface area contributed by atoms with E-state index in [2.05, 4.69) is 5.32 Å². The molecule has 3 aromatic rings. The molecule has 0 saturated carbocycles. The minimum Gasteiger partial charge on any atom is -0.459 e. The Morgan fingerprint density at radius 1 is 0.968 bits per heavy atom. The predicted molar refractivity (Wildman–Crippen MR) is 119 cm³/mol. The SMILES string of the molecule is Cc1ccc(S(=O)(=O)C2=Cc3cc(C(=O)Nc4cccc(C)c4)ccc3OC2O)cc1. The number of hydrogen-bond acceptors (Lipinski definition) is 5. The number of benzene rings is 3. The highest BCUT2D eigenvalue weighted by Gasteiger charge is 2.32. The average molecular weight is 436 g/mol. The summed E-state index contributed by atoms with van der Waals surface area (Å²) < 4.78 is 31.5. The summed E-state index contributed by atoms with van der Waals surface area (Å²) >= 11 is 0. The molecule has 31 heavy (non-hydrogen) atoms. The molecule has 2 N–H and O–H groups in total. The zero-order chi connectivity index (χ0) is 22.2. The molecule has 7 heteroatoms. The van der Waals surface area contributed by atoms with Gasteiger partial charge in [0.2, 0.25) is 16.1 Å². The van der Waals surface area contributed by atoms with Crippen molar-refractivity contribution in [1.29, 1.82) is 0 Å². The fourth-order valence-electron chi connectivity index (χ4n) is 3.30. The number of anilines is 1. The Morgan fingerprint density at radius 2 is 1.71 bits per heavy atom. The van der Waals surface area contributed by atoms with Crippen molar-refractivity contribution in [3.05, 3.63) is 93.9 Å². The number of sulfone groups is 1. The molecule has 1 heterocycles. The molecule has 0 saturated heterocycles. The second-order valence-electron chi connectivity index (χ2n) is 7.41. The van der Waals surface area contributed by atoms with Crippen molar-refractivity contribution in [3.63, 3.8) is 0 Å². The molecule has 0 bridgehead atoms. The first kappa shape index (κ1) is 20.8. The molecule has 3 aromatic carbocycles. The first-order chi connectivity index (χ1) is 14.7. The molecule has 0 fully saturated rings. The second kappa shape index (κ2) is 8.02. The van der Waals surface area contributed by atoms with E-state index in [-0.39, 0.29) is 15.7 Å². The van der Waals surface area contributed by atoms with Gasteiger partial charge in [0, 0.05) is 16.8 Å². The third kappa shape index (κ3) is 4.23. The van der Waals surface area contributed by atoms with Crippen molar-refractivity contribution in [1.82, 2.24) is 0 Å². The van der Waals surface area contributed by atoms with Gasteiger partial charge in [0.1, 0.15) is 10.7 Å². The van der Waals surface area contributed by atoms with Gasteiger partial charge in [0.25, 0.3) is 5.91 Å². The van der Waals surface area contributed by atoms with Crippen LogP contribution in [0.3, 0.4) is 0 Å². The highest BCUT2D eigenvalue weighted by Crippen LogP contribution is 2.34. The maximum atomic E-state index is 13.0. The molecule has 1 aliphatic rings. The smallest absolute Gasteiger partial charge is 0.255 e. The molecule has 158 valence electrons. The lowest BCUT2D eigenvalue weighted by Gasteiger charge is -2.23. The van der Waals surface area contributed by atoms with E-state index in [0.29, 0.717) is 22.6 Å². The van der Waals surface area contributed by atoms with Crippen LogP contribution in [-0.2, 0) is 9.84 Å². The van der Waals surface area contributed by atoms with E-state index in [4.69, 9.17) is 4.74 Å². The maximum Gasteiger partial charge on any atom is 0.255 e. The number of aliphatic hydroxyl groups is 1. The molecule has 1 amide bonds. The molecular formula is C24H21NO5S. The van der Waals surface area contributed by atoms with Crippen LogP contribution < -0.4 is 10.1 Å². The van der Waals surface area contributed by atoms with Crippen molar-refractivity contribution in [2.75, 3.05) is 5.32 Å². The Bertz CT molecular complexity index is 1290. The van der Waals surface area contributed by atoms with Gasteiger partial charge in [0.15, 0.2) is 0 Å². The van der Waals surface area contributed by atoms with Crippen LogP contribution in [0.1, 0.15) is 27.0 Å². The van der Waals surface area contributed by atoms with Gasteiger partial charge in [-0.1, -0.05) is 29.8 Å². The van der Waals surface area contributed by atoms with E-state index >= 15 is 0 Å². The molecule has 4 rings (SSSR count). The van der Waals surface area contributed by atoms with Crippen molar-refractivity contribution in [3.8, 4) is 5.75 Å². The standard InChI is InChI=1S/C24H21NO5S/c1-15-6-9-20(10-7-15)31(28,29)22-14-18-13-17(8-11-21(18)30-24(22)27)23(26)25-19-5-3-4-16(2)12-19/h3-14,24,27H,1-2H3,(H,25,26). The number of ether oxygens (including phenoxy) is 1. The zero-order valence-electron chi connectivity index (χ0n) is 17.0. The predicted octanol–water partition coefficient (Wildman–Crippen LogP) is 4.08. The number of amides is 1. The molecule has 1 unspecified atom stereocenters. The van der Waals surface area contributed by atoms with Gasteiger partial charge in [-0.05, 0) is 68.0 Å². The highest BCUT2D eigenvalue weighted by molar-refractivity contribution is 7.95. The fraction of sp³-hybridized carbons (Fsp3) is 0.125. The van der Waals surface area contributed by atoms with Gasteiger partial charge in [-0.2, -0.15) is 0 Å². The van der Waals surface area contributed by atoms with Crippen molar-refractivity contribution >= 4 is 27.5 Å². The quantitative estimate of drug-likeness (QED) is 0.644. The van der Waals surface area contributed by atoms with Gasteiger partial charge >= 0.3 is 0 Å². The van der Waals surface area contributed by atoms with E-state index in [1.807, 2.05) is 32.0 Å². The molecule has 0 aromatic heterocycles. The monoisotopic (exact) mass is 435 g/mol. The number of fused-ring (bicyclic) bond motifs is 1. The Kier molecular flexibility index (Phi) is 5.39. The molecule has 0 radical (unpaired) electrons. The average Bonchev–Trinajstić information content (AvgIpc) is 2.73. The Balaban J connectivity index is 1.67.